The van der Waals surface area contributed by atoms with E-state index in [0.717, 1.165) is 25.0 Å². The van der Waals surface area contributed by atoms with Gasteiger partial charge in [0.15, 0.2) is 5.11 Å². The number of thiocarbonyl (C=S) groups is 1. The quantitative estimate of drug-likeness (QED) is 0.663. The first kappa shape index (κ1) is 17.6. The fourth-order valence-corrected chi connectivity index (χ4v) is 2.67. The van der Waals surface area contributed by atoms with Crippen LogP contribution >= 0.6 is 12.2 Å². The normalized spacial score (nSPS) is 17.4. The lowest BCUT2D eigenvalue weighted by Gasteiger charge is -2.26. The third kappa shape index (κ3) is 5.73. The zero-order valence-electron chi connectivity index (χ0n) is 13.1. The second-order valence-corrected chi connectivity index (χ2v) is 5.74. The first-order chi connectivity index (χ1) is 11.1. The summed E-state index contributed by atoms with van der Waals surface area (Å²) in [5.41, 5.74) is 0.749. The van der Waals surface area contributed by atoms with Gasteiger partial charge in [0.1, 0.15) is 5.82 Å². The summed E-state index contributed by atoms with van der Waals surface area (Å²) in [6.07, 6.45) is 5.28. The van der Waals surface area contributed by atoms with Crippen LogP contribution in [0.1, 0.15) is 25.3 Å². The van der Waals surface area contributed by atoms with Crippen LogP contribution in [0.3, 0.4) is 0 Å². The number of likely N-dealkylation sites (N-methyl/N-ethyl adjacent to an activating group) is 1. The average molecular weight is 336 g/mol. The van der Waals surface area contributed by atoms with Crippen LogP contribution in [0.15, 0.2) is 30.3 Å². The number of hydrogen-bond donors (Lipinski definition) is 1. The fraction of sp³-hybridized carbons (Fsp3) is 0.412. The molecule has 23 heavy (non-hydrogen) atoms. The van der Waals surface area contributed by atoms with Gasteiger partial charge in [-0.05, 0) is 55.8 Å². The van der Waals surface area contributed by atoms with Crippen molar-refractivity contribution in [2.45, 2.75) is 25.9 Å². The minimum Gasteiger partial charge on any atom is -0.376 e. The Morgan fingerprint density at radius 2 is 2.22 bits per heavy atom. The molecular formula is C17H21FN2O2S. The number of carbonyl (C=O) groups is 1. The lowest BCUT2D eigenvalue weighted by Crippen LogP contribution is -2.45. The molecule has 6 heteroatoms. The summed E-state index contributed by atoms with van der Waals surface area (Å²) in [7, 11) is 0. The Morgan fingerprint density at radius 1 is 1.48 bits per heavy atom. The predicted octanol–water partition coefficient (Wildman–Crippen LogP) is 2.74. The number of amides is 1. The van der Waals surface area contributed by atoms with Crippen molar-refractivity contribution in [3.05, 3.63) is 41.7 Å². The van der Waals surface area contributed by atoms with Gasteiger partial charge in [0.05, 0.1) is 6.10 Å². The minimum atomic E-state index is -0.305. The minimum absolute atomic E-state index is 0.180. The van der Waals surface area contributed by atoms with Crippen molar-refractivity contribution in [1.82, 2.24) is 10.2 Å². The molecule has 1 aliphatic heterocycles. The number of hydrogen-bond acceptors (Lipinski definition) is 3. The highest BCUT2D eigenvalue weighted by atomic mass is 32.1. The van der Waals surface area contributed by atoms with Crippen molar-refractivity contribution in [2.75, 3.05) is 19.7 Å². The molecule has 1 fully saturated rings. The van der Waals surface area contributed by atoms with Crippen LogP contribution in [-0.4, -0.2) is 41.7 Å². The predicted molar refractivity (Wildman–Crippen MR) is 92.4 cm³/mol. The van der Waals surface area contributed by atoms with E-state index in [1.165, 1.54) is 18.2 Å². The number of nitrogens with one attached hydrogen (secondary N) is 1. The number of nitrogens with zero attached hydrogens (tertiary/aromatic N) is 1. The van der Waals surface area contributed by atoms with Crippen molar-refractivity contribution in [2.24, 2.45) is 0 Å². The zero-order valence-corrected chi connectivity index (χ0v) is 13.9. The van der Waals surface area contributed by atoms with Gasteiger partial charge in [-0.2, -0.15) is 0 Å². The second kappa shape index (κ2) is 8.74. The van der Waals surface area contributed by atoms with Crippen molar-refractivity contribution < 1.29 is 13.9 Å². The number of ether oxygens (including phenoxy) is 1. The Kier molecular flexibility index (Phi) is 6.67. The molecule has 0 radical (unpaired) electrons. The molecule has 1 N–H and O–H groups in total. The highest BCUT2D eigenvalue weighted by Gasteiger charge is 2.20. The van der Waals surface area contributed by atoms with Crippen LogP contribution in [-0.2, 0) is 9.53 Å². The molecule has 1 atom stereocenters. The highest BCUT2D eigenvalue weighted by Crippen LogP contribution is 2.13. The standard InChI is InChI=1S/C17H21FN2O2S/c1-2-20(12-15-4-3-11-22-15)17(23)19-16(21)10-7-13-5-8-14(18)9-6-13/h5-10,15H,2-4,11-12H2,1H3,(H,19,21,23)/b10-7+. The van der Waals surface area contributed by atoms with E-state index in [2.05, 4.69) is 5.32 Å². The summed E-state index contributed by atoms with van der Waals surface area (Å²) in [6.45, 7) is 4.18. The Labute approximate surface area is 141 Å². The summed E-state index contributed by atoms with van der Waals surface area (Å²) >= 11 is 5.29. The first-order valence-corrected chi connectivity index (χ1v) is 8.14. The number of benzene rings is 1. The van der Waals surface area contributed by atoms with Gasteiger partial charge < -0.3 is 9.64 Å². The number of carbonyl (C=O) groups excluding carboxylic acids is 1. The van der Waals surface area contributed by atoms with Gasteiger partial charge in [-0.3, -0.25) is 10.1 Å². The smallest absolute Gasteiger partial charge is 0.250 e. The highest BCUT2D eigenvalue weighted by molar-refractivity contribution is 7.80. The molecule has 1 unspecified atom stereocenters. The van der Waals surface area contributed by atoms with Crippen LogP contribution in [0.4, 0.5) is 4.39 Å². The van der Waals surface area contributed by atoms with E-state index < -0.39 is 0 Å². The lowest BCUT2D eigenvalue weighted by molar-refractivity contribution is -0.115. The van der Waals surface area contributed by atoms with Gasteiger partial charge in [0.25, 0.3) is 0 Å². The van der Waals surface area contributed by atoms with Crippen LogP contribution in [0.2, 0.25) is 0 Å². The Hall–Kier alpha value is -1.79. The average Bonchev–Trinajstić information content (AvgIpc) is 3.05. The summed E-state index contributed by atoms with van der Waals surface area (Å²) in [5, 5.41) is 3.09. The third-order valence-electron chi connectivity index (χ3n) is 3.64. The molecule has 1 aromatic carbocycles. The largest absolute Gasteiger partial charge is 0.376 e. The van der Waals surface area contributed by atoms with Gasteiger partial charge in [0, 0.05) is 25.8 Å². The fourth-order valence-electron chi connectivity index (χ4n) is 2.36. The molecule has 0 aliphatic carbocycles. The van der Waals surface area contributed by atoms with Gasteiger partial charge in [-0.15, -0.1) is 0 Å². The van der Waals surface area contributed by atoms with E-state index in [4.69, 9.17) is 17.0 Å². The lowest BCUT2D eigenvalue weighted by atomic mass is 10.2. The molecule has 1 saturated heterocycles. The molecule has 0 bridgehead atoms. The summed E-state index contributed by atoms with van der Waals surface area (Å²) in [4.78, 5) is 13.9. The summed E-state index contributed by atoms with van der Waals surface area (Å²) in [5.74, 6) is -0.606. The molecule has 0 spiro atoms. The van der Waals surface area contributed by atoms with Crippen LogP contribution in [0.5, 0.6) is 0 Å². The van der Waals surface area contributed by atoms with Crippen molar-refractivity contribution in [1.29, 1.82) is 0 Å². The van der Waals surface area contributed by atoms with Gasteiger partial charge in [-0.1, -0.05) is 12.1 Å². The third-order valence-corrected chi connectivity index (χ3v) is 4.00. The van der Waals surface area contributed by atoms with E-state index in [1.807, 2.05) is 11.8 Å². The maximum absolute atomic E-state index is 12.8. The van der Waals surface area contributed by atoms with E-state index in [9.17, 15) is 9.18 Å². The zero-order chi connectivity index (χ0) is 16.7. The van der Waals surface area contributed by atoms with Crippen LogP contribution in [0, 0.1) is 5.82 Å². The SMILES string of the molecule is CCN(CC1CCCO1)C(=S)NC(=O)/C=C/c1ccc(F)cc1. The van der Waals surface area contributed by atoms with E-state index in [-0.39, 0.29) is 17.8 Å². The Bertz CT molecular complexity index is 568. The van der Waals surface area contributed by atoms with Gasteiger partial charge >= 0.3 is 0 Å². The number of rotatable bonds is 5. The molecule has 124 valence electrons. The van der Waals surface area contributed by atoms with E-state index in [1.54, 1.807) is 18.2 Å². The first-order valence-electron chi connectivity index (χ1n) is 7.73. The number of halogens is 1. The molecule has 1 aromatic rings. The second-order valence-electron chi connectivity index (χ2n) is 5.35. The molecule has 4 nitrogen and oxygen atoms in total. The van der Waals surface area contributed by atoms with E-state index >= 15 is 0 Å². The van der Waals surface area contributed by atoms with Crippen molar-refractivity contribution >= 4 is 29.3 Å². The monoisotopic (exact) mass is 336 g/mol. The summed E-state index contributed by atoms with van der Waals surface area (Å²) in [6, 6.07) is 5.91. The van der Waals surface area contributed by atoms with Crippen LogP contribution in [0.25, 0.3) is 6.08 Å². The van der Waals surface area contributed by atoms with E-state index in [0.29, 0.717) is 18.2 Å². The van der Waals surface area contributed by atoms with Crippen molar-refractivity contribution in [3.8, 4) is 0 Å². The van der Waals surface area contributed by atoms with Gasteiger partial charge in [-0.25, -0.2) is 4.39 Å². The maximum atomic E-state index is 12.8. The molecular weight excluding hydrogens is 315 g/mol. The molecule has 2 rings (SSSR count). The molecule has 1 aliphatic rings. The molecule has 0 aromatic heterocycles. The molecule has 1 amide bonds. The molecule has 0 saturated carbocycles. The summed E-state index contributed by atoms with van der Waals surface area (Å²) < 4.78 is 18.4. The topological polar surface area (TPSA) is 41.6 Å². The van der Waals surface area contributed by atoms with Gasteiger partial charge in [0.2, 0.25) is 5.91 Å². The Balaban J connectivity index is 1.84. The Morgan fingerprint density at radius 3 is 2.83 bits per heavy atom. The maximum Gasteiger partial charge on any atom is 0.250 e. The molecule has 1 heterocycles. The van der Waals surface area contributed by atoms with Crippen LogP contribution < -0.4 is 5.32 Å². The van der Waals surface area contributed by atoms with Crippen molar-refractivity contribution in [3.63, 3.8) is 0 Å².